The molecule has 2 aromatic rings. The Hall–Kier alpha value is -1.81. The van der Waals surface area contributed by atoms with Gasteiger partial charge in [0.2, 0.25) is 0 Å². The van der Waals surface area contributed by atoms with Gasteiger partial charge >= 0.3 is 0 Å². The molecule has 1 aromatic carbocycles. The van der Waals surface area contributed by atoms with Crippen LogP contribution in [0.5, 0.6) is 5.75 Å². The van der Waals surface area contributed by atoms with Crippen molar-refractivity contribution >= 4 is 0 Å². The number of nitrogens with zero attached hydrogens (tertiary/aromatic N) is 2. The summed E-state index contributed by atoms with van der Waals surface area (Å²) >= 11 is 0. The van der Waals surface area contributed by atoms with E-state index in [1.54, 1.807) is 7.11 Å². The van der Waals surface area contributed by atoms with Crippen molar-refractivity contribution in [1.29, 1.82) is 0 Å². The summed E-state index contributed by atoms with van der Waals surface area (Å²) in [6.07, 6.45) is 1.82. The Morgan fingerprint density at radius 3 is 2.60 bits per heavy atom. The maximum Gasteiger partial charge on any atom is 0.123 e. The van der Waals surface area contributed by atoms with Crippen molar-refractivity contribution in [3.05, 3.63) is 46.8 Å². The molecule has 0 aliphatic carbocycles. The largest absolute Gasteiger partial charge is 0.496 e. The Morgan fingerprint density at radius 1 is 1.30 bits per heavy atom. The molecule has 2 rings (SSSR count). The zero-order valence-electron chi connectivity index (χ0n) is 12.7. The third-order valence-electron chi connectivity index (χ3n) is 3.90. The van der Waals surface area contributed by atoms with E-state index in [-0.39, 0.29) is 6.04 Å². The predicted octanol–water partition coefficient (Wildman–Crippen LogP) is 2.68. The first-order chi connectivity index (χ1) is 9.54. The van der Waals surface area contributed by atoms with Gasteiger partial charge in [0.1, 0.15) is 5.75 Å². The minimum atomic E-state index is -0.0230. The maximum absolute atomic E-state index is 6.32. The van der Waals surface area contributed by atoms with Gasteiger partial charge in [-0.1, -0.05) is 18.2 Å². The Balaban J connectivity index is 2.10. The number of ether oxygens (including phenoxy) is 1. The van der Waals surface area contributed by atoms with Crippen LogP contribution >= 0.6 is 0 Å². The van der Waals surface area contributed by atoms with Crippen LogP contribution in [0.15, 0.2) is 24.3 Å². The number of nitrogens with two attached hydrogens (primary N) is 1. The molecule has 1 atom stereocenters. The van der Waals surface area contributed by atoms with Gasteiger partial charge in [-0.05, 0) is 38.3 Å². The van der Waals surface area contributed by atoms with E-state index in [0.717, 1.165) is 29.8 Å². The Bertz CT molecular complexity index is 589. The molecule has 0 aliphatic rings. The van der Waals surface area contributed by atoms with E-state index in [0.29, 0.717) is 0 Å². The van der Waals surface area contributed by atoms with Gasteiger partial charge < -0.3 is 10.5 Å². The van der Waals surface area contributed by atoms with Gasteiger partial charge in [-0.25, -0.2) is 0 Å². The van der Waals surface area contributed by atoms with E-state index in [1.165, 1.54) is 11.3 Å². The first-order valence-corrected chi connectivity index (χ1v) is 6.92. The van der Waals surface area contributed by atoms with Crippen LogP contribution in [0.3, 0.4) is 0 Å². The van der Waals surface area contributed by atoms with Crippen molar-refractivity contribution in [3.8, 4) is 5.75 Å². The van der Waals surface area contributed by atoms with Crippen LogP contribution in [0, 0.1) is 13.8 Å². The number of para-hydroxylation sites is 1. The van der Waals surface area contributed by atoms with Crippen molar-refractivity contribution < 1.29 is 4.74 Å². The van der Waals surface area contributed by atoms with Crippen molar-refractivity contribution in [2.24, 2.45) is 12.8 Å². The lowest BCUT2D eigenvalue weighted by Crippen LogP contribution is -2.13. The number of aryl methyl sites for hydroxylation is 2. The fourth-order valence-corrected chi connectivity index (χ4v) is 2.61. The number of benzene rings is 1. The van der Waals surface area contributed by atoms with Gasteiger partial charge in [0.05, 0.1) is 12.8 Å². The van der Waals surface area contributed by atoms with Crippen LogP contribution in [0.2, 0.25) is 0 Å². The molecule has 1 aromatic heterocycles. The fourth-order valence-electron chi connectivity index (χ4n) is 2.61. The summed E-state index contributed by atoms with van der Waals surface area (Å²) < 4.78 is 7.30. The minimum absolute atomic E-state index is 0.0230. The molecule has 1 unspecified atom stereocenters. The highest BCUT2D eigenvalue weighted by Gasteiger charge is 2.14. The number of aromatic nitrogens is 2. The van der Waals surface area contributed by atoms with Crippen LogP contribution in [-0.2, 0) is 13.5 Å². The van der Waals surface area contributed by atoms with Crippen LogP contribution in [0.1, 0.15) is 35.0 Å². The highest BCUT2D eigenvalue weighted by Crippen LogP contribution is 2.27. The molecule has 0 radical (unpaired) electrons. The second-order valence-electron chi connectivity index (χ2n) is 5.16. The zero-order valence-corrected chi connectivity index (χ0v) is 12.7. The molecule has 2 N–H and O–H groups in total. The number of hydrogen-bond acceptors (Lipinski definition) is 3. The van der Waals surface area contributed by atoms with E-state index in [1.807, 2.05) is 36.0 Å². The topological polar surface area (TPSA) is 53.1 Å². The van der Waals surface area contributed by atoms with E-state index in [2.05, 4.69) is 18.9 Å². The summed E-state index contributed by atoms with van der Waals surface area (Å²) in [7, 11) is 3.66. The molecule has 20 heavy (non-hydrogen) atoms. The van der Waals surface area contributed by atoms with Gasteiger partial charge in [-0.15, -0.1) is 0 Å². The van der Waals surface area contributed by atoms with E-state index < -0.39 is 0 Å². The Kier molecular flexibility index (Phi) is 4.45. The molecule has 0 spiro atoms. The standard InChI is InChI=1S/C16H23N3O/c1-11-13(12(2)19(3)18-11)9-10-15(17)14-7-5-6-8-16(14)20-4/h5-8,15H,9-10,17H2,1-4H3. The number of methoxy groups -OCH3 is 1. The molecule has 0 bridgehead atoms. The lowest BCUT2D eigenvalue weighted by atomic mass is 9.98. The second kappa shape index (κ2) is 6.09. The third kappa shape index (κ3) is 2.85. The smallest absolute Gasteiger partial charge is 0.123 e. The molecular weight excluding hydrogens is 250 g/mol. The van der Waals surface area contributed by atoms with Gasteiger partial charge in [0.15, 0.2) is 0 Å². The molecule has 4 nitrogen and oxygen atoms in total. The van der Waals surface area contributed by atoms with Crippen molar-refractivity contribution in [2.75, 3.05) is 7.11 Å². The second-order valence-corrected chi connectivity index (χ2v) is 5.16. The first-order valence-electron chi connectivity index (χ1n) is 6.92. The maximum atomic E-state index is 6.32. The Morgan fingerprint density at radius 2 is 2.00 bits per heavy atom. The highest BCUT2D eigenvalue weighted by molar-refractivity contribution is 5.36. The fraction of sp³-hybridized carbons (Fsp3) is 0.438. The number of hydrogen-bond donors (Lipinski definition) is 1. The van der Waals surface area contributed by atoms with Crippen LogP contribution < -0.4 is 10.5 Å². The molecule has 0 fully saturated rings. The van der Waals surface area contributed by atoms with Gasteiger partial charge in [-0.3, -0.25) is 4.68 Å². The van der Waals surface area contributed by atoms with E-state index in [9.17, 15) is 0 Å². The van der Waals surface area contributed by atoms with Gasteiger partial charge in [0, 0.05) is 24.3 Å². The van der Waals surface area contributed by atoms with Crippen molar-refractivity contribution in [1.82, 2.24) is 9.78 Å². The van der Waals surface area contributed by atoms with Gasteiger partial charge in [0.25, 0.3) is 0 Å². The summed E-state index contributed by atoms with van der Waals surface area (Å²) in [6, 6.07) is 7.93. The summed E-state index contributed by atoms with van der Waals surface area (Å²) in [5, 5.41) is 4.45. The molecule has 4 heteroatoms. The quantitative estimate of drug-likeness (QED) is 0.911. The summed E-state index contributed by atoms with van der Waals surface area (Å²) in [4.78, 5) is 0. The molecule has 0 aliphatic heterocycles. The lowest BCUT2D eigenvalue weighted by molar-refractivity contribution is 0.404. The SMILES string of the molecule is COc1ccccc1C(N)CCc1c(C)nn(C)c1C. The van der Waals surface area contributed by atoms with Crippen LogP contribution in [-0.4, -0.2) is 16.9 Å². The van der Waals surface area contributed by atoms with Crippen LogP contribution in [0.25, 0.3) is 0 Å². The van der Waals surface area contributed by atoms with Crippen LogP contribution in [0.4, 0.5) is 0 Å². The minimum Gasteiger partial charge on any atom is -0.496 e. The molecule has 0 saturated heterocycles. The van der Waals surface area contributed by atoms with E-state index in [4.69, 9.17) is 10.5 Å². The van der Waals surface area contributed by atoms with Crippen molar-refractivity contribution in [3.63, 3.8) is 0 Å². The molecule has 1 heterocycles. The number of rotatable bonds is 5. The van der Waals surface area contributed by atoms with Crippen molar-refractivity contribution in [2.45, 2.75) is 32.7 Å². The summed E-state index contributed by atoms with van der Waals surface area (Å²) in [5.41, 5.74) is 11.0. The third-order valence-corrected chi connectivity index (χ3v) is 3.90. The predicted molar refractivity (Wildman–Crippen MR) is 80.9 cm³/mol. The average Bonchev–Trinajstić information content (AvgIpc) is 2.70. The van der Waals surface area contributed by atoms with Gasteiger partial charge in [-0.2, -0.15) is 5.10 Å². The summed E-state index contributed by atoms with van der Waals surface area (Å²) in [5.74, 6) is 0.861. The lowest BCUT2D eigenvalue weighted by Gasteiger charge is -2.15. The normalized spacial score (nSPS) is 12.4. The molecular formula is C16H23N3O. The van der Waals surface area contributed by atoms with E-state index >= 15 is 0 Å². The average molecular weight is 273 g/mol. The molecule has 0 saturated carbocycles. The Labute approximate surface area is 120 Å². The highest BCUT2D eigenvalue weighted by atomic mass is 16.5. The molecule has 0 amide bonds. The monoisotopic (exact) mass is 273 g/mol. The summed E-state index contributed by atoms with van der Waals surface area (Å²) in [6.45, 7) is 4.15. The zero-order chi connectivity index (χ0) is 14.7. The molecule has 108 valence electrons. The first kappa shape index (κ1) is 14.6.